The molecular weight excluding hydrogens is 417 g/mol. The lowest BCUT2D eigenvalue weighted by atomic mass is 10.1. The summed E-state index contributed by atoms with van der Waals surface area (Å²) >= 11 is 0. The minimum atomic E-state index is -0.662. The fraction of sp³-hybridized carbons (Fsp3) is 0.0435. The number of ether oxygens (including phenoxy) is 1. The van der Waals surface area contributed by atoms with E-state index in [0.29, 0.717) is 5.69 Å². The van der Waals surface area contributed by atoms with Gasteiger partial charge in [-0.1, -0.05) is 48.5 Å². The summed E-state index contributed by atoms with van der Waals surface area (Å²) in [6.45, 7) is -0.274. The standard InChI is InChI=1S/C23H16FN3O5/c24-19-11-5-4-7-16(19)14-32-21-15(8-6-12-20(21)27(30)31)13-18-22(28)25-26(23(18)29)17-9-2-1-3-10-17/h1-13H,14H2,(H,25,28)/b18-13-. The van der Waals surface area contributed by atoms with Crippen LogP contribution in [0.15, 0.2) is 78.4 Å². The van der Waals surface area contributed by atoms with E-state index in [1.54, 1.807) is 36.4 Å². The van der Waals surface area contributed by atoms with Crippen LogP contribution in [-0.4, -0.2) is 16.7 Å². The monoisotopic (exact) mass is 433 g/mol. The normalized spacial score (nSPS) is 14.5. The van der Waals surface area contributed by atoms with Crippen molar-refractivity contribution in [3.8, 4) is 5.75 Å². The maximum Gasteiger partial charge on any atom is 0.311 e. The molecular formula is C23H16FN3O5. The topological polar surface area (TPSA) is 102 Å². The number of carbonyl (C=O) groups excluding carboxylic acids is 2. The average molecular weight is 433 g/mol. The molecule has 9 heteroatoms. The molecule has 3 aromatic carbocycles. The van der Waals surface area contributed by atoms with Crippen molar-refractivity contribution in [2.45, 2.75) is 6.61 Å². The van der Waals surface area contributed by atoms with Gasteiger partial charge in [0, 0.05) is 17.2 Å². The summed E-state index contributed by atoms with van der Waals surface area (Å²) in [7, 11) is 0. The molecule has 0 aromatic heterocycles. The van der Waals surface area contributed by atoms with Gasteiger partial charge in [0.25, 0.3) is 11.8 Å². The van der Waals surface area contributed by atoms with E-state index < -0.39 is 22.6 Å². The molecule has 1 aliphatic rings. The molecule has 1 N–H and O–H groups in total. The van der Waals surface area contributed by atoms with Gasteiger partial charge in [-0.3, -0.25) is 25.1 Å². The summed E-state index contributed by atoms with van der Waals surface area (Å²) in [6.07, 6.45) is 1.23. The van der Waals surface area contributed by atoms with Gasteiger partial charge in [-0.15, -0.1) is 0 Å². The summed E-state index contributed by atoms with van der Waals surface area (Å²) in [5.74, 6) is -1.97. The molecule has 0 saturated carbocycles. The number of nitrogens with one attached hydrogen (secondary N) is 1. The SMILES string of the molecule is O=C1NN(c2ccccc2)C(=O)/C1=C\c1cccc([N+](=O)[O-])c1OCc1ccccc1F. The summed E-state index contributed by atoms with van der Waals surface area (Å²) in [4.78, 5) is 36.2. The van der Waals surface area contributed by atoms with Gasteiger partial charge in [0.1, 0.15) is 18.0 Å². The van der Waals surface area contributed by atoms with Gasteiger partial charge in [-0.05, 0) is 24.3 Å². The second-order valence-electron chi connectivity index (χ2n) is 6.81. The van der Waals surface area contributed by atoms with E-state index in [9.17, 15) is 24.1 Å². The van der Waals surface area contributed by atoms with Gasteiger partial charge in [-0.25, -0.2) is 9.40 Å². The van der Waals surface area contributed by atoms with Gasteiger partial charge in [0.2, 0.25) is 5.75 Å². The number of rotatable bonds is 6. The minimum absolute atomic E-state index is 0.143. The molecule has 32 heavy (non-hydrogen) atoms. The Kier molecular flexibility index (Phi) is 5.63. The van der Waals surface area contributed by atoms with Crippen molar-refractivity contribution < 1.29 is 23.6 Å². The number of hydrogen-bond donors (Lipinski definition) is 1. The Morgan fingerprint density at radius 2 is 1.72 bits per heavy atom. The third-order valence-corrected chi connectivity index (χ3v) is 4.76. The quantitative estimate of drug-likeness (QED) is 0.276. The molecule has 160 valence electrons. The zero-order chi connectivity index (χ0) is 22.7. The molecule has 1 saturated heterocycles. The number of nitro benzene ring substituents is 1. The molecule has 0 unspecified atom stereocenters. The molecule has 0 radical (unpaired) electrons. The van der Waals surface area contributed by atoms with Gasteiger partial charge in [0.05, 0.1) is 10.6 Å². The van der Waals surface area contributed by atoms with Crippen molar-refractivity contribution in [3.63, 3.8) is 0 Å². The number of benzene rings is 3. The first-order valence-corrected chi connectivity index (χ1v) is 9.51. The van der Waals surface area contributed by atoms with Crippen LogP contribution in [0.25, 0.3) is 6.08 Å². The third kappa shape index (κ3) is 4.04. The van der Waals surface area contributed by atoms with Gasteiger partial charge >= 0.3 is 5.69 Å². The molecule has 0 bridgehead atoms. The number of hydrogen-bond acceptors (Lipinski definition) is 5. The Labute approximate surface area is 181 Å². The predicted octanol–water partition coefficient (Wildman–Crippen LogP) is 3.77. The van der Waals surface area contributed by atoms with E-state index in [1.165, 1.54) is 42.5 Å². The molecule has 0 aliphatic carbocycles. The van der Waals surface area contributed by atoms with Crippen molar-refractivity contribution >= 4 is 29.3 Å². The highest BCUT2D eigenvalue weighted by Crippen LogP contribution is 2.34. The second kappa shape index (κ2) is 8.68. The summed E-state index contributed by atoms with van der Waals surface area (Å²) < 4.78 is 19.6. The lowest BCUT2D eigenvalue weighted by Crippen LogP contribution is -2.35. The zero-order valence-electron chi connectivity index (χ0n) is 16.5. The van der Waals surface area contributed by atoms with E-state index in [1.807, 2.05) is 0 Å². The van der Waals surface area contributed by atoms with Crippen molar-refractivity contribution in [3.05, 3.63) is 105 Å². The predicted molar refractivity (Wildman–Crippen MR) is 114 cm³/mol. The van der Waals surface area contributed by atoms with Crippen LogP contribution >= 0.6 is 0 Å². The number of nitrogens with zero attached hydrogens (tertiary/aromatic N) is 2. The lowest BCUT2D eigenvalue weighted by Gasteiger charge is -2.14. The fourth-order valence-electron chi connectivity index (χ4n) is 3.19. The van der Waals surface area contributed by atoms with Crippen LogP contribution in [0, 0.1) is 15.9 Å². The molecule has 0 spiro atoms. The molecule has 1 aliphatic heterocycles. The average Bonchev–Trinajstić information content (AvgIpc) is 3.08. The largest absolute Gasteiger partial charge is 0.481 e. The molecule has 1 fully saturated rings. The van der Waals surface area contributed by atoms with E-state index in [4.69, 9.17) is 4.74 Å². The maximum absolute atomic E-state index is 14.0. The minimum Gasteiger partial charge on any atom is -0.481 e. The van der Waals surface area contributed by atoms with Crippen LogP contribution in [0.5, 0.6) is 5.75 Å². The van der Waals surface area contributed by atoms with E-state index in [0.717, 1.165) is 5.01 Å². The number of para-hydroxylation sites is 2. The Hall–Kier alpha value is -4.53. The van der Waals surface area contributed by atoms with Gasteiger partial charge < -0.3 is 4.74 Å². The highest BCUT2D eigenvalue weighted by atomic mass is 19.1. The highest BCUT2D eigenvalue weighted by molar-refractivity contribution is 6.31. The highest BCUT2D eigenvalue weighted by Gasteiger charge is 2.35. The number of hydrazine groups is 1. The molecule has 1 heterocycles. The van der Waals surface area contributed by atoms with Gasteiger partial charge in [0.15, 0.2) is 0 Å². The van der Waals surface area contributed by atoms with E-state index in [-0.39, 0.29) is 34.7 Å². The molecule has 3 aromatic rings. The molecule has 0 atom stereocenters. The van der Waals surface area contributed by atoms with Crippen LogP contribution < -0.4 is 15.2 Å². The number of carbonyl (C=O) groups is 2. The Balaban J connectivity index is 1.70. The first-order valence-electron chi connectivity index (χ1n) is 9.51. The van der Waals surface area contributed by atoms with Crippen molar-refractivity contribution in [1.82, 2.24) is 5.43 Å². The fourth-order valence-corrected chi connectivity index (χ4v) is 3.19. The summed E-state index contributed by atoms with van der Waals surface area (Å²) in [5.41, 5.74) is 2.68. The third-order valence-electron chi connectivity index (χ3n) is 4.76. The smallest absolute Gasteiger partial charge is 0.311 e. The second-order valence-corrected chi connectivity index (χ2v) is 6.81. The molecule has 4 rings (SSSR count). The van der Waals surface area contributed by atoms with Gasteiger partial charge in [-0.2, -0.15) is 0 Å². The number of nitro groups is 1. The lowest BCUT2D eigenvalue weighted by molar-refractivity contribution is -0.386. The molecule has 8 nitrogen and oxygen atoms in total. The number of halogens is 1. The van der Waals surface area contributed by atoms with Crippen molar-refractivity contribution in [2.24, 2.45) is 0 Å². The maximum atomic E-state index is 14.0. The zero-order valence-corrected chi connectivity index (χ0v) is 16.5. The van der Waals surface area contributed by atoms with Crippen LogP contribution in [0.3, 0.4) is 0 Å². The Morgan fingerprint density at radius 3 is 2.44 bits per heavy atom. The van der Waals surface area contributed by atoms with Crippen LogP contribution in [-0.2, 0) is 16.2 Å². The first-order chi connectivity index (χ1) is 15.5. The Bertz CT molecular complexity index is 1240. The molecule has 2 amide bonds. The Morgan fingerprint density at radius 1 is 1.00 bits per heavy atom. The van der Waals surface area contributed by atoms with E-state index in [2.05, 4.69) is 5.43 Å². The summed E-state index contributed by atoms with van der Waals surface area (Å²) in [6, 6.07) is 18.5. The van der Waals surface area contributed by atoms with Crippen molar-refractivity contribution in [2.75, 3.05) is 5.01 Å². The number of anilines is 1. The van der Waals surface area contributed by atoms with Crippen molar-refractivity contribution in [1.29, 1.82) is 0 Å². The number of amides is 2. The van der Waals surface area contributed by atoms with E-state index >= 15 is 0 Å². The summed E-state index contributed by atoms with van der Waals surface area (Å²) in [5, 5.41) is 12.6. The van der Waals surface area contributed by atoms with Crippen LogP contribution in [0.1, 0.15) is 11.1 Å². The van der Waals surface area contributed by atoms with Crippen LogP contribution in [0.4, 0.5) is 15.8 Å². The van der Waals surface area contributed by atoms with Crippen LogP contribution in [0.2, 0.25) is 0 Å². The first kappa shape index (κ1) is 20.7.